The number of guanidine groups is 1. The van der Waals surface area contributed by atoms with Crippen LogP contribution in [0.2, 0.25) is 0 Å². The fraction of sp³-hybridized carbons (Fsp3) is 0.562. The van der Waals surface area contributed by atoms with Gasteiger partial charge in [0.15, 0.2) is 5.96 Å². The van der Waals surface area contributed by atoms with Crippen LogP contribution < -0.4 is 10.6 Å². The van der Waals surface area contributed by atoms with E-state index in [2.05, 4.69) is 27.8 Å². The smallest absolute Gasteiger partial charge is 0.213 e. The molecule has 2 N–H and O–H groups in total. The van der Waals surface area contributed by atoms with Crippen LogP contribution in [0.1, 0.15) is 18.9 Å². The van der Waals surface area contributed by atoms with E-state index in [1.807, 2.05) is 18.2 Å². The average molecular weight is 340 g/mol. The van der Waals surface area contributed by atoms with Gasteiger partial charge in [0.25, 0.3) is 0 Å². The van der Waals surface area contributed by atoms with E-state index in [1.54, 1.807) is 21.0 Å². The van der Waals surface area contributed by atoms with Gasteiger partial charge in [-0.3, -0.25) is 4.99 Å². The van der Waals surface area contributed by atoms with E-state index < -0.39 is 10.0 Å². The Morgan fingerprint density at radius 2 is 1.83 bits per heavy atom. The van der Waals surface area contributed by atoms with Gasteiger partial charge in [-0.1, -0.05) is 30.3 Å². The zero-order valence-electron chi connectivity index (χ0n) is 14.2. The van der Waals surface area contributed by atoms with Gasteiger partial charge in [-0.15, -0.1) is 0 Å². The second kappa shape index (κ2) is 10.2. The van der Waals surface area contributed by atoms with Crippen LogP contribution in [0, 0.1) is 0 Å². The Morgan fingerprint density at radius 3 is 2.43 bits per heavy atom. The number of nitrogens with zero attached hydrogens (tertiary/aromatic N) is 2. The lowest BCUT2D eigenvalue weighted by molar-refractivity contribution is 0.461. The van der Waals surface area contributed by atoms with Gasteiger partial charge in [-0.05, 0) is 25.3 Å². The van der Waals surface area contributed by atoms with E-state index in [0.29, 0.717) is 13.1 Å². The minimum atomic E-state index is -3.09. The summed E-state index contributed by atoms with van der Waals surface area (Å²) in [5.41, 5.74) is 1.28. The maximum atomic E-state index is 11.6. The maximum absolute atomic E-state index is 11.6. The van der Waals surface area contributed by atoms with Crippen LogP contribution >= 0.6 is 0 Å². The number of rotatable bonds is 9. The first-order valence-corrected chi connectivity index (χ1v) is 9.53. The SMILES string of the molecule is CCS(=O)(=O)N(C)CCCNC(=NC)NCCc1ccccc1. The summed E-state index contributed by atoms with van der Waals surface area (Å²) in [6.07, 6.45) is 1.66. The number of hydrogen-bond donors (Lipinski definition) is 2. The molecule has 0 aromatic heterocycles. The van der Waals surface area contributed by atoms with Crippen molar-refractivity contribution in [2.75, 3.05) is 39.5 Å². The molecule has 0 heterocycles. The van der Waals surface area contributed by atoms with E-state index >= 15 is 0 Å². The number of hydrogen-bond acceptors (Lipinski definition) is 3. The van der Waals surface area contributed by atoms with Crippen molar-refractivity contribution in [2.45, 2.75) is 19.8 Å². The summed E-state index contributed by atoms with van der Waals surface area (Å²) in [7, 11) is 0.255. The highest BCUT2D eigenvalue weighted by atomic mass is 32.2. The van der Waals surface area contributed by atoms with Crippen molar-refractivity contribution in [3.05, 3.63) is 35.9 Å². The molecular weight excluding hydrogens is 312 g/mol. The van der Waals surface area contributed by atoms with Crippen LogP contribution in [0.4, 0.5) is 0 Å². The molecule has 130 valence electrons. The molecule has 0 atom stereocenters. The molecule has 0 unspecified atom stereocenters. The van der Waals surface area contributed by atoms with Crippen molar-refractivity contribution < 1.29 is 8.42 Å². The molecule has 0 bridgehead atoms. The van der Waals surface area contributed by atoms with Gasteiger partial charge in [0.05, 0.1) is 5.75 Å². The van der Waals surface area contributed by atoms with Crippen LogP contribution in [0.25, 0.3) is 0 Å². The van der Waals surface area contributed by atoms with Gasteiger partial charge < -0.3 is 10.6 Å². The van der Waals surface area contributed by atoms with Gasteiger partial charge in [0.1, 0.15) is 0 Å². The van der Waals surface area contributed by atoms with Crippen LogP contribution in [-0.2, 0) is 16.4 Å². The predicted octanol–water partition coefficient (Wildman–Crippen LogP) is 1.07. The van der Waals surface area contributed by atoms with Gasteiger partial charge >= 0.3 is 0 Å². The molecule has 6 nitrogen and oxygen atoms in total. The molecule has 1 aromatic carbocycles. The third-order valence-electron chi connectivity index (χ3n) is 3.55. The van der Waals surface area contributed by atoms with E-state index in [0.717, 1.165) is 25.3 Å². The summed E-state index contributed by atoms with van der Waals surface area (Å²) in [4.78, 5) is 4.16. The molecule has 0 fully saturated rings. The highest BCUT2D eigenvalue weighted by Crippen LogP contribution is 1.99. The first kappa shape index (κ1) is 19.4. The molecule has 0 amide bonds. The molecule has 0 aliphatic carbocycles. The molecule has 0 spiro atoms. The standard InChI is InChI=1S/C16H28N4O2S/c1-4-23(21,22)20(3)14-8-12-18-16(17-2)19-13-11-15-9-6-5-7-10-15/h5-7,9-10H,4,8,11-14H2,1-3H3,(H2,17,18,19). The Kier molecular flexibility index (Phi) is 8.65. The fourth-order valence-electron chi connectivity index (χ4n) is 2.06. The topological polar surface area (TPSA) is 73.8 Å². The van der Waals surface area contributed by atoms with Crippen LogP contribution in [-0.4, -0.2) is 58.2 Å². The quantitative estimate of drug-likeness (QED) is 0.401. The van der Waals surface area contributed by atoms with Crippen LogP contribution in [0.5, 0.6) is 0 Å². The Hall–Kier alpha value is -1.60. The highest BCUT2D eigenvalue weighted by Gasteiger charge is 2.13. The minimum Gasteiger partial charge on any atom is -0.356 e. The van der Waals surface area contributed by atoms with Gasteiger partial charge in [-0.25, -0.2) is 12.7 Å². The summed E-state index contributed by atoms with van der Waals surface area (Å²) in [5.74, 6) is 0.876. The van der Waals surface area contributed by atoms with E-state index in [-0.39, 0.29) is 5.75 Å². The number of aliphatic imine (C=N–C) groups is 1. The van der Waals surface area contributed by atoms with E-state index in [1.165, 1.54) is 9.87 Å². The first-order valence-electron chi connectivity index (χ1n) is 7.92. The Morgan fingerprint density at radius 1 is 1.17 bits per heavy atom. The van der Waals surface area contributed by atoms with Crippen molar-refractivity contribution >= 4 is 16.0 Å². The lowest BCUT2D eigenvalue weighted by Gasteiger charge is -2.16. The first-order chi connectivity index (χ1) is 11.0. The molecule has 1 rings (SSSR count). The number of nitrogens with one attached hydrogen (secondary N) is 2. The van der Waals surface area contributed by atoms with Gasteiger partial charge in [0.2, 0.25) is 10.0 Å². The Labute approximate surface area is 140 Å². The summed E-state index contributed by atoms with van der Waals surface area (Å²) < 4.78 is 24.7. The fourth-order valence-corrected chi connectivity index (χ4v) is 2.91. The van der Waals surface area contributed by atoms with E-state index in [4.69, 9.17) is 0 Å². The van der Waals surface area contributed by atoms with Crippen molar-refractivity contribution in [3.8, 4) is 0 Å². The summed E-state index contributed by atoms with van der Waals surface area (Å²) in [6, 6.07) is 10.3. The predicted molar refractivity (Wildman–Crippen MR) is 96.2 cm³/mol. The summed E-state index contributed by atoms with van der Waals surface area (Å²) in [5, 5.41) is 6.45. The molecule has 0 radical (unpaired) electrons. The van der Waals surface area contributed by atoms with Crippen LogP contribution in [0.3, 0.4) is 0 Å². The zero-order chi connectivity index (χ0) is 17.1. The number of benzene rings is 1. The van der Waals surface area contributed by atoms with Gasteiger partial charge in [-0.2, -0.15) is 0 Å². The lowest BCUT2D eigenvalue weighted by atomic mass is 10.1. The molecule has 0 saturated heterocycles. The zero-order valence-corrected chi connectivity index (χ0v) is 15.1. The molecule has 23 heavy (non-hydrogen) atoms. The Balaban J connectivity index is 2.22. The second-order valence-electron chi connectivity index (χ2n) is 5.24. The minimum absolute atomic E-state index is 0.139. The monoisotopic (exact) mass is 340 g/mol. The Bertz CT molecular complexity index is 573. The summed E-state index contributed by atoms with van der Waals surface area (Å²) in [6.45, 7) is 3.63. The second-order valence-corrected chi connectivity index (χ2v) is 7.60. The third kappa shape index (κ3) is 7.47. The molecular formula is C16H28N4O2S. The largest absolute Gasteiger partial charge is 0.356 e. The number of sulfonamides is 1. The molecule has 7 heteroatoms. The van der Waals surface area contributed by atoms with Crippen molar-refractivity contribution in [2.24, 2.45) is 4.99 Å². The van der Waals surface area contributed by atoms with Crippen LogP contribution in [0.15, 0.2) is 35.3 Å². The van der Waals surface area contributed by atoms with E-state index in [9.17, 15) is 8.42 Å². The molecule has 1 aromatic rings. The average Bonchev–Trinajstić information content (AvgIpc) is 2.57. The maximum Gasteiger partial charge on any atom is 0.213 e. The summed E-state index contributed by atoms with van der Waals surface area (Å²) >= 11 is 0. The third-order valence-corrected chi connectivity index (χ3v) is 5.42. The lowest BCUT2D eigenvalue weighted by Crippen LogP contribution is -2.39. The van der Waals surface area contributed by atoms with Gasteiger partial charge in [0, 0.05) is 33.7 Å². The van der Waals surface area contributed by atoms with Crippen molar-refractivity contribution in [3.63, 3.8) is 0 Å². The molecule has 0 saturated carbocycles. The molecule has 0 aliphatic rings. The normalized spacial score (nSPS) is 12.4. The van der Waals surface area contributed by atoms with Crippen molar-refractivity contribution in [1.82, 2.24) is 14.9 Å². The molecule has 0 aliphatic heterocycles. The van der Waals surface area contributed by atoms with Crippen molar-refractivity contribution in [1.29, 1.82) is 0 Å². The highest BCUT2D eigenvalue weighted by molar-refractivity contribution is 7.89.